The number of piperidine rings is 1. The molecule has 1 aromatic heterocycles. The van der Waals surface area contributed by atoms with Gasteiger partial charge in [-0.3, -0.25) is 9.69 Å². The van der Waals surface area contributed by atoms with E-state index in [9.17, 15) is 4.79 Å². The minimum atomic E-state index is 0.118. The summed E-state index contributed by atoms with van der Waals surface area (Å²) < 4.78 is 0. The Kier molecular flexibility index (Phi) is 6.11. The Bertz CT molecular complexity index is 462. The Hall–Kier alpha value is -1.01. The first kappa shape index (κ1) is 16.4. The molecule has 0 unspecified atom stereocenters. The molecule has 0 bridgehead atoms. The van der Waals surface area contributed by atoms with Crippen molar-refractivity contribution >= 4 is 17.2 Å². The fourth-order valence-corrected chi connectivity index (χ4v) is 3.62. The lowest BCUT2D eigenvalue weighted by Crippen LogP contribution is -2.45. The average molecular weight is 310 g/mol. The molecule has 1 fully saturated rings. The van der Waals surface area contributed by atoms with Gasteiger partial charge in [0.25, 0.3) is 0 Å². The van der Waals surface area contributed by atoms with Crippen LogP contribution in [0.2, 0.25) is 0 Å². The van der Waals surface area contributed by atoms with Crippen molar-refractivity contribution in [1.29, 1.82) is 0 Å². The first-order chi connectivity index (χ1) is 10.1. The Labute approximate surface area is 131 Å². The Morgan fingerprint density at radius 1 is 1.52 bits per heavy atom. The van der Waals surface area contributed by atoms with Gasteiger partial charge in [0.1, 0.15) is 10.0 Å². The zero-order valence-corrected chi connectivity index (χ0v) is 14.1. The van der Waals surface area contributed by atoms with E-state index in [4.69, 9.17) is 0 Å². The fourth-order valence-electron chi connectivity index (χ4n) is 2.87. The topological polar surface area (TPSA) is 58.1 Å². The van der Waals surface area contributed by atoms with Crippen molar-refractivity contribution in [3.8, 4) is 0 Å². The predicted molar refractivity (Wildman–Crippen MR) is 85.2 cm³/mol. The Balaban J connectivity index is 1.83. The number of likely N-dealkylation sites (tertiary alicyclic amines) is 1. The van der Waals surface area contributed by atoms with E-state index in [1.165, 1.54) is 0 Å². The van der Waals surface area contributed by atoms with E-state index in [1.807, 2.05) is 6.92 Å². The van der Waals surface area contributed by atoms with Gasteiger partial charge in [0.15, 0.2) is 0 Å². The molecule has 1 aromatic rings. The fraction of sp³-hybridized carbons (Fsp3) is 0.800. The van der Waals surface area contributed by atoms with E-state index >= 15 is 0 Å². The van der Waals surface area contributed by atoms with Crippen LogP contribution in [0.25, 0.3) is 0 Å². The molecule has 118 valence electrons. The maximum Gasteiger partial charge on any atom is 0.224 e. The summed E-state index contributed by atoms with van der Waals surface area (Å²) in [6.07, 6.45) is 4.23. The molecule has 0 aliphatic carbocycles. The number of carbonyl (C=O) groups excluding carboxylic acids is 1. The largest absolute Gasteiger partial charge is 0.353 e. The standard InChI is InChI=1S/C15H26N4OS/c1-4-6-11(2)16-15(20)13-7-5-8-19(9-13)10-14-18-17-12(3)21-14/h11,13H,4-10H2,1-3H3,(H,16,20)/t11-,13-/m1/s1. The molecule has 0 aromatic carbocycles. The number of rotatable bonds is 6. The molecule has 2 atom stereocenters. The molecule has 0 saturated carbocycles. The van der Waals surface area contributed by atoms with Crippen LogP contribution < -0.4 is 5.32 Å². The molecule has 0 radical (unpaired) electrons. The van der Waals surface area contributed by atoms with Crippen molar-refractivity contribution in [2.24, 2.45) is 5.92 Å². The highest BCUT2D eigenvalue weighted by Crippen LogP contribution is 2.20. The quantitative estimate of drug-likeness (QED) is 0.876. The van der Waals surface area contributed by atoms with Crippen molar-refractivity contribution in [2.45, 2.75) is 59.0 Å². The Morgan fingerprint density at radius 2 is 2.33 bits per heavy atom. The lowest BCUT2D eigenvalue weighted by atomic mass is 9.96. The summed E-state index contributed by atoms with van der Waals surface area (Å²) in [7, 11) is 0. The van der Waals surface area contributed by atoms with Crippen LogP contribution in [0.15, 0.2) is 0 Å². The van der Waals surface area contributed by atoms with Crippen molar-refractivity contribution in [2.75, 3.05) is 13.1 Å². The lowest BCUT2D eigenvalue weighted by molar-refractivity contribution is -0.127. The number of nitrogens with zero attached hydrogens (tertiary/aromatic N) is 3. The smallest absolute Gasteiger partial charge is 0.224 e. The molecule has 21 heavy (non-hydrogen) atoms. The molecular formula is C15H26N4OS. The van der Waals surface area contributed by atoms with Crippen molar-refractivity contribution in [1.82, 2.24) is 20.4 Å². The first-order valence-corrected chi connectivity index (χ1v) is 8.71. The monoisotopic (exact) mass is 310 g/mol. The third-order valence-electron chi connectivity index (χ3n) is 3.91. The zero-order chi connectivity index (χ0) is 15.2. The van der Waals surface area contributed by atoms with Gasteiger partial charge in [-0.05, 0) is 39.7 Å². The highest BCUT2D eigenvalue weighted by molar-refractivity contribution is 7.11. The molecule has 1 aliphatic rings. The van der Waals surface area contributed by atoms with Gasteiger partial charge in [0.2, 0.25) is 5.91 Å². The van der Waals surface area contributed by atoms with E-state index in [0.717, 1.165) is 55.3 Å². The van der Waals surface area contributed by atoms with Crippen LogP contribution in [0.5, 0.6) is 0 Å². The molecular weight excluding hydrogens is 284 g/mol. The SMILES string of the molecule is CCC[C@@H](C)NC(=O)[C@@H]1CCCN(Cc2nnc(C)s2)C1. The molecule has 1 N–H and O–H groups in total. The maximum atomic E-state index is 12.3. The summed E-state index contributed by atoms with van der Waals surface area (Å²) in [5.74, 6) is 0.334. The number of nitrogens with one attached hydrogen (secondary N) is 1. The summed E-state index contributed by atoms with van der Waals surface area (Å²) >= 11 is 1.64. The van der Waals surface area contributed by atoms with Crippen LogP contribution in [-0.4, -0.2) is 40.1 Å². The molecule has 5 nitrogen and oxygen atoms in total. The Morgan fingerprint density at radius 3 is 3.00 bits per heavy atom. The molecule has 1 amide bonds. The number of aromatic nitrogens is 2. The van der Waals surface area contributed by atoms with Gasteiger partial charge < -0.3 is 5.32 Å². The first-order valence-electron chi connectivity index (χ1n) is 7.90. The highest BCUT2D eigenvalue weighted by Gasteiger charge is 2.26. The van der Waals surface area contributed by atoms with Crippen molar-refractivity contribution < 1.29 is 4.79 Å². The van der Waals surface area contributed by atoms with E-state index in [0.29, 0.717) is 0 Å². The third kappa shape index (κ3) is 5.04. The average Bonchev–Trinajstić information content (AvgIpc) is 2.84. The van der Waals surface area contributed by atoms with Gasteiger partial charge in [-0.25, -0.2) is 0 Å². The minimum absolute atomic E-state index is 0.118. The molecule has 2 rings (SSSR count). The van der Waals surface area contributed by atoms with Gasteiger partial charge in [0, 0.05) is 12.6 Å². The van der Waals surface area contributed by atoms with Gasteiger partial charge in [-0.1, -0.05) is 13.3 Å². The van der Waals surface area contributed by atoms with Gasteiger partial charge in [-0.2, -0.15) is 0 Å². The number of carbonyl (C=O) groups is 1. The molecule has 1 saturated heterocycles. The normalized spacial score (nSPS) is 21.2. The summed E-state index contributed by atoms with van der Waals surface area (Å²) in [5.41, 5.74) is 0. The van der Waals surface area contributed by atoms with Gasteiger partial charge >= 0.3 is 0 Å². The van der Waals surface area contributed by atoms with Crippen LogP contribution in [0, 0.1) is 12.8 Å². The second-order valence-corrected chi connectivity index (χ2v) is 7.25. The molecule has 0 spiro atoms. The van der Waals surface area contributed by atoms with Crippen LogP contribution >= 0.6 is 11.3 Å². The lowest BCUT2D eigenvalue weighted by Gasteiger charge is -2.31. The molecule has 2 heterocycles. The summed E-state index contributed by atoms with van der Waals surface area (Å²) in [5, 5.41) is 13.4. The summed E-state index contributed by atoms with van der Waals surface area (Å²) in [6.45, 7) is 8.92. The second-order valence-electron chi connectivity index (χ2n) is 5.99. The number of hydrogen-bond acceptors (Lipinski definition) is 5. The van der Waals surface area contributed by atoms with Crippen LogP contribution in [0.1, 0.15) is 49.5 Å². The van der Waals surface area contributed by atoms with E-state index < -0.39 is 0 Å². The number of hydrogen-bond donors (Lipinski definition) is 1. The summed E-state index contributed by atoms with van der Waals surface area (Å²) in [4.78, 5) is 14.7. The van der Waals surface area contributed by atoms with E-state index in [-0.39, 0.29) is 17.9 Å². The second kappa shape index (κ2) is 7.84. The van der Waals surface area contributed by atoms with Crippen molar-refractivity contribution in [3.63, 3.8) is 0 Å². The van der Waals surface area contributed by atoms with Crippen LogP contribution in [0.4, 0.5) is 0 Å². The van der Waals surface area contributed by atoms with E-state index in [2.05, 4.69) is 34.3 Å². The number of aryl methyl sites for hydroxylation is 1. The van der Waals surface area contributed by atoms with Crippen LogP contribution in [-0.2, 0) is 11.3 Å². The molecule has 1 aliphatic heterocycles. The van der Waals surface area contributed by atoms with Gasteiger partial charge in [0.05, 0.1) is 12.5 Å². The third-order valence-corrected chi connectivity index (χ3v) is 4.74. The van der Waals surface area contributed by atoms with Crippen LogP contribution in [0.3, 0.4) is 0 Å². The minimum Gasteiger partial charge on any atom is -0.353 e. The summed E-state index contributed by atoms with van der Waals surface area (Å²) in [6, 6.07) is 0.281. The highest BCUT2D eigenvalue weighted by atomic mass is 32.1. The molecule has 6 heteroatoms. The predicted octanol–water partition coefficient (Wildman–Crippen LogP) is 2.36. The van der Waals surface area contributed by atoms with E-state index in [1.54, 1.807) is 11.3 Å². The number of amides is 1. The zero-order valence-electron chi connectivity index (χ0n) is 13.3. The van der Waals surface area contributed by atoms with Gasteiger partial charge in [-0.15, -0.1) is 21.5 Å². The maximum absolute atomic E-state index is 12.3. The van der Waals surface area contributed by atoms with Crippen molar-refractivity contribution in [3.05, 3.63) is 10.0 Å².